The first-order valence-electron chi connectivity index (χ1n) is 8.09. The van der Waals surface area contributed by atoms with Crippen molar-refractivity contribution in [1.29, 1.82) is 0 Å². The van der Waals surface area contributed by atoms with Crippen molar-refractivity contribution in [2.24, 2.45) is 4.99 Å². The molecule has 1 amide bonds. The first-order chi connectivity index (χ1) is 12.2. The number of ether oxygens (including phenoxy) is 1. The van der Waals surface area contributed by atoms with Crippen LogP contribution in [-0.4, -0.2) is 37.9 Å². The van der Waals surface area contributed by atoms with E-state index in [1.807, 2.05) is 42.5 Å². The Bertz CT molecular complexity index is 803. The smallest absolute Gasteiger partial charge is 0.248 e. The predicted octanol–water partition coefficient (Wildman–Crippen LogP) is 3.73. The van der Waals surface area contributed by atoms with Crippen LogP contribution in [0.2, 0.25) is 5.02 Å². The van der Waals surface area contributed by atoms with Gasteiger partial charge in [0.1, 0.15) is 6.54 Å². The van der Waals surface area contributed by atoms with Gasteiger partial charge >= 0.3 is 0 Å². The quantitative estimate of drug-likeness (QED) is 0.586. The number of aliphatic imine (C=N–C) groups is 1. The van der Waals surface area contributed by atoms with E-state index in [2.05, 4.69) is 11.6 Å². The zero-order valence-corrected chi connectivity index (χ0v) is 14.6. The molecule has 4 nitrogen and oxygen atoms in total. The SMILES string of the molecule is C=CCOCCN1C(=O)CN=C(c2ccccc2)c2cc(Cl)ccc21. The minimum absolute atomic E-state index is 0.0586. The largest absolute Gasteiger partial charge is 0.376 e. The van der Waals surface area contributed by atoms with Crippen molar-refractivity contribution in [3.05, 3.63) is 77.3 Å². The minimum Gasteiger partial charge on any atom is -0.376 e. The average molecular weight is 355 g/mol. The van der Waals surface area contributed by atoms with E-state index in [1.54, 1.807) is 17.0 Å². The number of nitrogens with zero attached hydrogens (tertiary/aromatic N) is 2. The molecule has 1 heterocycles. The molecule has 0 saturated carbocycles. The first kappa shape index (κ1) is 17.4. The van der Waals surface area contributed by atoms with E-state index in [0.717, 1.165) is 22.5 Å². The second kappa shape index (κ2) is 8.10. The lowest BCUT2D eigenvalue weighted by Crippen LogP contribution is -2.35. The molecule has 0 spiro atoms. The van der Waals surface area contributed by atoms with E-state index < -0.39 is 0 Å². The Hall–Kier alpha value is -2.43. The van der Waals surface area contributed by atoms with Crippen molar-refractivity contribution < 1.29 is 9.53 Å². The fourth-order valence-electron chi connectivity index (χ4n) is 2.80. The van der Waals surface area contributed by atoms with Gasteiger partial charge in [-0.1, -0.05) is 48.0 Å². The van der Waals surface area contributed by atoms with E-state index in [4.69, 9.17) is 16.3 Å². The molecule has 5 heteroatoms. The zero-order chi connectivity index (χ0) is 17.6. The number of anilines is 1. The van der Waals surface area contributed by atoms with Gasteiger partial charge in [0, 0.05) is 22.7 Å². The van der Waals surface area contributed by atoms with Crippen LogP contribution in [0.3, 0.4) is 0 Å². The second-order valence-corrected chi connectivity index (χ2v) is 6.04. The van der Waals surface area contributed by atoms with Gasteiger partial charge in [-0.2, -0.15) is 0 Å². The van der Waals surface area contributed by atoms with Crippen LogP contribution < -0.4 is 4.90 Å². The summed E-state index contributed by atoms with van der Waals surface area (Å²) in [5.41, 5.74) is 3.40. The van der Waals surface area contributed by atoms with Gasteiger partial charge in [-0.15, -0.1) is 6.58 Å². The lowest BCUT2D eigenvalue weighted by molar-refractivity contribution is -0.117. The molecule has 0 bridgehead atoms. The van der Waals surface area contributed by atoms with Gasteiger partial charge in [0.2, 0.25) is 5.91 Å². The van der Waals surface area contributed by atoms with Crippen molar-refractivity contribution >= 4 is 28.9 Å². The number of benzodiazepines with no additional fused rings is 1. The number of halogens is 1. The van der Waals surface area contributed by atoms with Crippen LogP contribution in [0.15, 0.2) is 66.2 Å². The van der Waals surface area contributed by atoms with Crippen LogP contribution in [0.1, 0.15) is 11.1 Å². The molecule has 3 rings (SSSR count). The molecule has 0 unspecified atom stereocenters. The Labute approximate surface area is 152 Å². The van der Waals surface area contributed by atoms with Crippen LogP contribution in [-0.2, 0) is 9.53 Å². The van der Waals surface area contributed by atoms with Gasteiger partial charge in [0.05, 0.1) is 24.6 Å². The highest BCUT2D eigenvalue weighted by atomic mass is 35.5. The number of benzene rings is 2. The molecule has 0 fully saturated rings. The van der Waals surface area contributed by atoms with Gasteiger partial charge in [-0.05, 0) is 18.2 Å². The third-order valence-corrected chi connectivity index (χ3v) is 4.16. The van der Waals surface area contributed by atoms with E-state index >= 15 is 0 Å². The van der Waals surface area contributed by atoms with Crippen molar-refractivity contribution in [3.63, 3.8) is 0 Å². The summed E-state index contributed by atoms with van der Waals surface area (Å²) >= 11 is 6.22. The molecule has 128 valence electrons. The Morgan fingerprint density at radius 1 is 1.24 bits per heavy atom. The molecule has 1 aliphatic rings. The van der Waals surface area contributed by atoms with E-state index in [1.165, 1.54) is 0 Å². The van der Waals surface area contributed by atoms with Crippen LogP contribution in [0.4, 0.5) is 5.69 Å². The van der Waals surface area contributed by atoms with Gasteiger partial charge < -0.3 is 9.64 Å². The third kappa shape index (κ3) is 3.98. The van der Waals surface area contributed by atoms with Gasteiger partial charge in [0.25, 0.3) is 0 Å². The summed E-state index contributed by atoms with van der Waals surface area (Å²) in [6.07, 6.45) is 1.69. The molecule has 0 aromatic heterocycles. The Balaban J connectivity index is 1.99. The Morgan fingerprint density at radius 3 is 2.80 bits per heavy atom. The number of hydrogen-bond donors (Lipinski definition) is 0. The summed E-state index contributed by atoms with van der Waals surface area (Å²) in [5, 5.41) is 0.611. The maximum Gasteiger partial charge on any atom is 0.248 e. The maximum atomic E-state index is 12.6. The van der Waals surface area contributed by atoms with Crippen LogP contribution in [0, 0.1) is 0 Å². The number of carbonyl (C=O) groups excluding carboxylic acids is 1. The molecule has 0 N–H and O–H groups in total. The molecular weight excluding hydrogens is 336 g/mol. The maximum absolute atomic E-state index is 12.6. The van der Waals surface area contributed by atoms with E-state index in [0.29, 0.717) is 24.8 Å². The molecule has 0 radical (unpaired) electrons. The lowest BCUT2D eigenvalue weighted by Gasteiger charge is -2.23. The van der Waals surface area contributed by atoms with Gasteiger partial charge in [-0.3, -0.25) is 9.79 Å². The fourth-order valence-corrected chi connectivity index (χ4v) is 2.97. The predicted molar refractivity (Wildman–Crippen MR) is 102 cm³/mol. The van der Waals surface area contributed by atoms with Crippen molar-refractivity contribution in [2.45, 2.75) is 0 Å². The first-order valence-corrected chi connectivity index (χ1v) is 8.47. The van der Waals surface area contributed by atoms with Crippen molar-refractivity contribution in [2.75, 3.05) is 31.2 Å². The van der Waals surface area contributed by atoms with Crippen molar-refractivity contribution in [3.8, 4) is 0 Å². The highest BCUT2D eigenvalue weighted by Crippen LogP contribution is 2.29. The topological polar surface area (TPSA) is 41.9 Å². The standard InChI is InChI=1S/C20H19ClN2O2/c1-2-11-25-12-10-23-18-9-8-16(21)13-17(18)20(22-14-19(23)24)15-6-4-3-5-7-15/h2-9,13H,1,10-12,14H2. The normalized spacial score (nSPS) is 13.9. The highest BCUT2D eigenvalue weighted by molar-refractivity contribution is 6.32. The molecular formula is C20H19ClN2O2. The molecule has 0 aliphatic carbocycles. The van der Waals surface area contributed by atoms with Crippen LogP contribution in [0.5, 0.6) is 0 Å². The number of amides is 1. The zero-order valence-electron chi connectivity index (χ0n) is 13.8. The number of fused-ring (bicyclic) bond motifs is 1. The molecule has 0 saturated heterocycles. The summed E-state index contributed by atoms with van der Waals surface area (Å²) in [4.78, 5) is 18.9. The minimum atomic E-state index is -0.0586. The average Bonchev–Trinajstić information content (AvgIpc) is 2.76. The van der Waals surface area contributed by atoms with Crippen molar-refractivity contribution in [1.82, 2.24) is 0 Å². The van der Waals surface area contributed by atoms with Gasteiger partial charge in [0.15, 0.2) is 0 Å². The summed E-state index contributed by atoms with van der Waals surface area (Å²) in [6, 6.07) is 15.3. The summed E-state index contributed by atoms with van der Waals surface area (Å²) in [5.74, 6) is -0.0586. The number of hydrogen-bond acceptors (Lipinski definition) is 3. The van der Waals surface area contributed by atoms with E-state index in [9.17, 15) is 4.79 Å². The van der Waals surface area contributed by atoms with Gasteiger partial charge in [-0.25, -0.2) is 0 Å². The molecule has 2 aromatic carbocycles. The fraction of sp³-hybridized carbons (Fsp3) is 0.200. The summed E-state index contributed by atoms with van der Waals surface area (Å²) in [7, 11) is 0. The Morgan fingerprint density at radius 2 is 2.04 bits per heavy atom. The van der Waals surface area contributed by atoms with Crippen LogP contribution in [0.25, 0.3) is 0 Å². The summed E-state index contributed by atoms with van der Waals surface area (Å²) < 4.78 is 5.45. The number of carbonyl (C=O) groups is 1. The third-order valence-electron chi connectivity index (χ3n) is 3.92. The monoisotopic (exact) mass is 354 g/mol. The lowest BCUT2D eigenvalue weighted by atomic mass is 10.0. The summed E-state index contributed by atoms with van der Waals surface area (Å²) in [6.45, 7) is 5.07. The molecule has 2 aromatic rings. The van der Waals surface area contributed by atoms with E-state index in [-0.39, 0.29) is 12.5 Å². The molecule has 1 aliphatic heterocycles. The highest BCUT2D eigenvalue weighted by Gasteiger charge is 2.25. The van der Waals surface area contributed by atoms with Crippen LogP contribution >= 0.6 is 11.6 Å². The Kier molecular flexibility index (Phi) is 5.64. The second-order valence-electron chi connectivity index (χ2n) is 5.60. The molecule has 0 atom stereocenters. The molecule has 25 heavy (non-hydrogen) atoms. The number of rotatable bonds is 6.